The molecular weight excluding hydrogens is 767 g/mol. The van der Waals surface area contributed by atoms with E-state index in [0.29, 0.717) is 5.42 Å². The van der Waals surface area contributed by atoms with Gasteiger partial charge in [0.15, 0.2) is 0 Å². The van der Waals surface area contributed by atoms with Crippen LogP contribution in [0, 0.1) is 0 Å². The van der Waals surface area contributed by atoms with Crippen molar-refractivity contribution in [1.82, 2.24) is 0 Å². The number of benzene rings is 7. The van der Waals surface area contributed by atoms with E-state index in [0.717, 1.165) is 106 Å². The van der Waals surface area contributed by atoms with Crippen LogP contribution in [0.5, 0.6) is 0 Å². The van der Waals surface area contributed by atoms with Gasteiger partial charge in [-0.3, -0.25) is 0 Å². The second-order valence-corrected chi connectivity index (χ2v) is 15.7. The highest BCUT2D eigenvalue weighted by molar-refractivity contribution is 6.01. The summed E-state index contributed by atoms with van der Waals surface area (Å²) in [5.74, 6) is 0.761. The number of furan rings is 2. The summed E-state index contributed by atoms with van der Waals surface area (Å²) in [5.41, 5.74) is 16.0. The highest BCUT2D eigenvalue weighted by Crippen LogP contribution is 2.60. The summed E-state index contributed by atoms with van der Waals surface area (Å²) in [7, 11) is 0. The largest absolute Gasteiger partial charge is 0.457 e. The molecule has 0 radical (unpaired) electrons. The summed E-state index contributed by atoms with van der Waals surface area (Å²) < 4.78 is 12.7. The zero-order chi connectivity index (χ0) is 43.2. The number of para-hydroxylation sites is 2. The number of nitrogens with zero attached hydrogens (tertiary/aromatic N) is 1. The van der Waals surface area contributed by atoms with Crippen LogP contribution in [0.25, 0.3) is 80.8 Å². The summed E-state index contributed by atoms with van der Waals surface area (Å²) in [4.78, 5) is 2.27. The lowest BCUT2D eigenvalue weighted by Crippen LogP contribution is -2.31. The normalized spacial score (nSPS) is 13.2. The van der Waals surface area contributed by atoms with Crippen molar-refractivity contribution in [3.63, 3.8) is 0 Å². The van der Waals surface area contributed by atoms with E-state index in [9.17, 15) is 0 Å². The Morgan fingerprint density at radius 1 is 0.571 bits per heavy atom. The van der Waals surface area contributed by atoms with Crippen molar-refractivity contribution < 1.29 is 8.83 Å². The lowest BCUT2D eigenvalue weighted by Gasteiger charge is -2.36. The van der Waals surface area contributed by atoms with E-state index in [4.69, 9.17) is 8.83 Å². The third-order valence-electron chi connectivity index (χ3n) is 12.5. The minimum Gasteiger partial charge on any atom is -0.457 e. The SMILES string of the molecule is C=C/C(=c1\c(=C)oc2ccccc12)N(c1ccccc1)c1cc2c(c(C=C)c1C=C)-c1ccc(-c3ccc4c(/C=C\C)c(C=C)oc4c3)cc1C2(c1ccccc1)c1ccccc1. The van der Waals surface area contributed by atoms with Gasteiger partial charge in [-0.05, 0) is 112 Å². The topological polar surface area (TPSA) is 29.5 Å². The number of rotatable bonds is 11. The van der Waals surface area contributed by atoms with E-state index in [1.165, 1.54) is 5.56 Å². The van der Waals surface area contributed by atoms with Crippen LogP contribution in [0.15, 0.2) is 205 Å². The van der Waals surface area contributed by atoms with E-state index >= 15 is 0 Å². The molecule has 63 heavy (non-hydrogen) atoms. The van der Waals surface area contributed by atoms with Crippen molar-refractivity contribution in [3.8, 4) is 22.3 Å². The summed E-state index contributed by atoms with van der Waals surface area (Å²) in [6.07, 6.45) is 11.7. The lowest BCUT2D eigenvalue weighted by atomic mass is 9.67. The average Bonchev–Trinajstić information content (AvgIpc) is 3.97. The summed E-state index contributed by atoms with van der Waals surface area (Å²) in [6, 6.07) is 56.0. The molecular formula is C60H45NO2. The molecule has 10 rings (SSSR count). The van der Waals surface area contributed by atoms with E-state index in [1.54, 1.807) is 6.08 Å². The first-order chi connectivity index (χ1) is 31.0. The Morgan fingerprint density at radius 2 is 1.21 bits per heavy atom. The van der Waals surface area contributed by atoms with Crippen LogP contribution < -0.4 is 15.5 Å². The van der Waals surface area contributed by atoms with Crippen molar-refractivity contribution in [3.05, 3.63) is 252 Å². The number of fused-ring (bicyclic) bond motifs is 5. The Morgan fingerprint density at radius 3 is 1.86 bits per heavy atom. The van der Waals surface area contributed by atoms with Gasteiger partial charge >= 0.3 is 0 Å². The van der Waals surface area contributed by atoms with Crippen LogP contribution >= 0.6 is 0 Å². The van der Waals surface area contributed by atoms with Crippen molar-refractivity contribution in [1.29, 1.82) is 0 Å². The average molecular weight is 812 g/mol. The smallest absolute Gasteiger partial charge is 0.136 e. The van der Waals surface area contributed by atoms with Gasteiger partial charge in [-0.15, -0.1) is 0 Å². The fourth-order valence-electron chi connectivity index (χ4n) is 9.94. The molecule has 0 aliphatic heterocycles. The first kappa shape index (κ1) is 39.0. The highest BCUT2D eigenvalue weighted by Gasteiger charge is 2.48. The number of hydrogen-bond donors (Lipinski definition) is 0. The van der Waals surface area contributed by atoms with Gasteiger partial charge in [-0.1, -0.05) is 172 Å². The van der Waals surface area contributed by atoms with Crippen molar-refractivity contribution in [2.45, 2.75) is 12.3 Å². The van der Waals surface area contributed by atoms with Gasteiger partial charge in [0.2, 0.25) is 0 Å². The van der Waals surface area contributed by atoms with E-state index < -0.39 is 5.41 Å². The third-order valence-corrected chi connectivity index (χ3v) is 12.5. The van der Waals surface area contributed by atoms with Gasteiger partial charge in [0, 0.05) is 27.6 Å². The van der Waals surface area contributed by atoms with Gasteiger partial charge in [-0.25, -0.2) is 0 Å². The molecule has 7 aromatic carbocycles. The number of hydrogen-bond acceptors (Lipinski definition) is 3. The Kier molecular flexibility index (Phi) is 9.73. The first-order valence-corrected chi connectivity index (χ1v) is 21.2. The van der Waals surface area contributed by atoms with Crippen LogP contribution in [0.4, 0.5) is 11.4 Å². The molecule has 2 aromatic heterocycles. The molecule has 0 amide bonds. The summed E-state index contributed by atoms with van der Waals surface area (Å²) >= 11 is 0. The highest BCUT2D eigenvalue weighted by atomic mass is 16.3. The zero-order valence-electron chi connectivity index (χ0n) is 35.3. The second kappa shape index (κ2) is 15.7. The van der Waals surface area contributed by atoms with Crippen LogP contribution in [-0.4, -0.2) is 0 Å². The minimum atomic E-state index is -0.754. The van der Waals surface area contributed by atoms with Crippen LogP contribution in [0.3, 0.4) is 0 Å². The van der Waals surface area contributed by atoms with Crippen LogP contribution in [0.1, 0.15) is 51.6 Å². The molecule has 0 saturated heterocycles. The Hall–Kier alpha value is -8.14. The van der Waals surface area contributed by atoms with Crippen molar-refractivity contribution >= 4 is 69.9 Å². The molecule has 1 aliphatic rings. The molecule has 3 heteroatoms. The van der Waals surface area contributed by atoms with Gasteiger partial charge in [0.1, 0.15) is 22.3 Å². The van der Waals surface area contributed by atoms with Crippen molar-refractivity contribution in [2.75, 3.05) is 4.90 Å². The molecule has 0 atom stereocenters. The number of anilines is 2. The van der Waals surface area contributed by atoms with E-state index in [1.807, 2.05) is 55.5 Å². The second-order valence-electron chi connectivity index (χ2n) is 15.7. The molecule has 2 heterocycles. The summed E-state index contributed by atoms with van der Waals surface area (Å²) in [5, 5.41) is 2.88. The summed E-state index contributed by atoms with van der Waals surface area (Å²) in [6.45, 7) is 23.9. The maximum atomic E-state index is 6.39. The number of allylic oxidation sites excluding steroid dienone is 1. The molecule has 0 bridgehead atoms. The first-order valence-electron chi connectivity index (χ1n) is 21.2. The maximum absolute atomic E-state index is 6.39. The fraction of sp³-hybridized carbons (Fsp3) is 0.0333. The standard InChI is InChI=1S/C60H45NO2/c1-7-23-47-48-34-32-41(37-57(48)63-55(47)11-5)40-33-35-49-51(36-40)60(42-24-15-12-16-25-42,43-26-17-13-18-27-43)52-38-54(45(8-2)46(9-3)59(49)52)61(44-28-19-14-20-29-44)53(10-4)58-39(6)62-56-31-22-21-30-50(56)58/h7-38H,2-6H2,1H3/b23-7-,58-53-. The Bertz CT molecular complexity index is 3400. The monoisotopic (exact) mass is 811 g/mol. The van der Waals surface area contributed by atoms with Gasteiger partial charge in [0.25, 0.3) is 0 Å². The van der Waals surface area contributed by atoms with Crippen LogP contribution in [-0.2, 0) is 5.41 Å². The van der Waals surface area contributed by atoms with Gasteiger partial charge in [0.05, 0.1) is 22.0 Å². The van der Waals surface area contributed by atoms with Gasteiger partial charge < -0.3 is 13.7 Å². The third kappa shape index (κ3) is 5.96. The predicted octanol–water partition coefficient (Wildman–Crippen LogP) is 14.7. The molecule has 0 saturated carbocycles. The molecule has 0 unspecified atom stereocenters. The molecule has 0 N–H and O–H groups in total. The fourth-order valence-corrected chi connectivity index (χ4v) is 9.94. The van der Waals surface area contributed by atoms with E-state index in [-0.39, 0.29) is 0 Å². The molecule has 0 spiro atoms. The predicted molar refractivity (Wildman–Crippen MR) is 267 cm³/mol. The molecule has 9 aromatic rings. The molecule has 3 nitrogen and oxygen atoms in total. The Balaban J connectivity index is 1.33. The minimum absolute atomic E-state index is 0.562. The molecule has 302 valence electrons. The van der Waals surface area contributed by atoms with Gasteiger partial charge in [-0.2, -0.15) is 0 Å². The van der Waals surface area contributed by atoms with Crippen LogP contribution in [0.2, 0.25) is 0 Å². The quantitative estimate of drug-likeness (QED) is 0.130. The maximum Gasteiger partial charge on any atom is 0.136 e. The molecule has 1 aliphatic carbocycles. The molecule has 0 fully saturated rings. The van der Waals surface area contributed by atoms with E-state index in [2.05, 4.69) is 177 Å². The lowest BCUT2D eigenvalue weighted by molar-refractivity contribution is 0.577. The zero-order valence-corrected chi connectivity index (χ0v) is 35.3. The Labute approximate surface area is 368 Å². The van der Waals surface area contributed by atoms with Crippen molar-refractivity contribution in [2.24, 2.45) is 0 Å².